The average Bonchev–Trinajstić information content (AvgIpc) is 2.57. The van der Waals surface area contributed by atoms with Crippen LogP contribution in [-0.2, 0) is 4.79 Å². The first-order valence-electron chi connectivity index (χ1n) is 10.2. The van der Waals surface area contributed by atoms with E-state index in [9.17, 15) is 4.79 Å². The van der Waals surface area contributed by atoms with Gasteiger partial charge in [-0.25, -0.2) is 0 Å². The molecule has 0 aromatic rings. The van der Waals surface area contributed by atoms with Crippen molar-refractivity contribution in [2.24, 2.45) is 0 Å². The van der Waals surface area contributed by atoms with Gasteiger partial charge in [0.15, 0.2) is 0 Å². The summed E-state index contributed by atoms with van der Waals surface area (Å²) in [5.41, 5.74) is 0. The lowest BCUT2D eigenvalue weighted by atomic mass is 10.1. The van der Waals surface area contributed by atoms with Gasteiger partial charge >= 0.3 is 0 Å². The zero-order chi connectivity index (χ0) is 16.8. The summed E-state index contributed by atoms with van der Waals surface area (Å²) in [6.45, 7) is 2.25. The van der Waals surface area contributed by atoms with E-state index in [0.717, 1.165) is 25.5 Å². The molecule has 0 aromatic heterocycles. The van der Waals surface area contributed by atoms with Crippen LogP contribution in [0.1, 0.15) is 110 Å². The van der Waals surface area contributed by atoms with Crippen molar-refractivity contribution in [3.05, 3.63) is 24.3 Å². The molecule has 0 spiro atoms. The predicted octanol–water partition coefficient (Wildman–Crippen LogP) is 7.56. The first kappa shape index (κ1) is 22.1. The zero-order valence-corrected chi connectivity index (χ0v) is 15.6. The van der Waals surface area contributed by atoms with Crippen LogP contribution < -0.4 is 0 Å². The Morgan fingerprint density at radius 2 is 0.957 bits per heavy atom. The highest BCUT2D eigenvalue weighted by atomic mass is 16.1. The van der Waals surface area contributed by atoms with Gasteiger partial charge in [-0.05, 0) is 38.5 Å². The Balaban J connectivity index is 3.12. The molecule has 1 heteroatoms. The molecule has 134 valence electrons. The van der Waals surface area contributed by atoms with E-state index in [1.54, 1.807) is 0 Å². The second kappa shape index (κ2) is 21.1. The molecule has 0 atom stereocenters. The molecule has 0 aliphatic carbocycles. The van der Waals surface area contributed by atoms with Crippen molar-refractivity contribution in [3.63, 3.8) is 0 Å². The maximum Gasteiger partial charge on any atom is 0.119 e. The number of carbonyl (C=O) groups excluding carboxylic acids is 1. The highest BCUT2D eigenvalue weighted by molar-refractivity contribution is 5.48. The van der Waals surface area contributed by atoms with E-state index >= 15 is 0 Å². The lowest BCUT2D eigenvalue weighted by Gasteiger charge is -2.01. The third-order valence-electron chi connectivity index (χ3n) is 4.27. The number of carbonyl (C=O) groups is 1. The SMILES string of the molecule is CCCCC/C=C/C/C=C/CCCCCCCCCCCC=O. The van der Waals surface area contributed by atoms with Crippen LogP contribution >= 0.6 is 0 Å². The third-order valence-corrected chi connectivity index (χ3v) is 4.27. The Hall–Kier alpha value is -0.850. The summed E-state index contributed by atoms with van der Waals surface area (Å²) in [5.74, 6) is 0. The van der Waals surface area contributed by atoms with Gasteiger partial charge in [0.1, 0.15) is 6.29 Å². The van der Waals surface area contributed by atoms with Crippen LogP contribution in [0.2, 0.25) is 0 Å². The van der Waals surface area contributed by atoms with Crippen LogP contribution in [0.3, 0.4) is 0 Å². The quantitative estimate of drug-likeness (QED) is 0.145. The zero-order valence-electron chi connectivity index (χ0n) is 15.6. The fraction of sp³-hybridized carbons (Fsp3) is 0.773. The highest BCUT2D eigenvalue weighted by Crippen LogP contribution is 2.11. The molecule has 23 heavy (non-hydrogen) atoms. The summed E-state index contributed by atoms with van der Waals surface area (Å²) in [4.78, 5) is 10.2. The molecule has 0 unspecified atom stereocenters. The smallest absolute Gasteiger partial charge is 0.119 e. The van der Waals surface area contributed by atoms with Crippen molar-refractivity contribution in [2.75, 3.05) is 0 Å². The molecule has 0 amide bonds. The summed E-state index contributed by atoms with van der Waals surface area (Å²) >= 11 is 0. The number of hydrogen-bond donors (Lipinski definition) is 0. The van der Waals surface area contributed by atoms with E-state index in [0.29, 0.717) is 0 Å². The second-order valence-electron chi connectivity index (χ2n) is 6.60. The van der Waals surface area contributed by atoms with Crippen molar-refractivity contribution < 1.29 is 4.79 Å². The number of hydrogen-bond acceptors (Lipinski definition) is 1. The molecule has 0 bridgehead atoms. The molecule has 0 rings (SSSR count). The summed E-state index contributed by atoms with van der Waals surface area (Å²) < 4.78 is 0. The molecule has 0 N–H and O–H groups in total. The average molecular weight is 321 g/mol. The third kappa shape index (κ3) is 21.1. The minimum absolute atomic E-state index is 0.752. The number of aldehydes is 1. The van der Waals surface area contributed by atoms with Gasteiger partial charge in [0.05, 0.1) is 0 Å². The molecule has 0 saturated carbocycles. The Kier molecular flexibility index (Phi) is 20.4. The molecule has 0 radical (unpaired) electrons. The number of unbranched alkanes of at least 4 members (excludes halogenated alkanes) is 13. The van der Waals surface area contributed by atoms with Gasteiger partial charge in [0.25, 0.3) is 0 Å². The van der Waals surface area contributed by atoms with Crippen LogP contribution in [0, 0.1) is 0 Å². The maximum absolute atomic E-state index is 10.2. The Bertz CT molecular complexity index is 278. The maximum atomic E-state index is 10.2. The minimum atomic E-state index is 0.752. The van der Waals surface area contributed by atoms with Crippen LogP contribution in [0.5, 0.6) is 0 Å². The first-order chi connectivity index (χ1) is 11.4. The lowest BCUT2D eigenvalue weighted by molar-refractivity contribution is -0.107. The van der Waals surface area contributed by atoms with Gasteiger partial charge in [-0.1, -0.05) is 89.0 Å². The molecular formula is C22H40O. The Labute approximate surface area is 145 Å². The summed E-state index contributed by atoms with van der Waals surface area (Å²) in [5, 5.41) is 0. The van der Waals surface area contributed by atoms with Crippen LogP contribution in [-0.4, -0.2) is 6.29 Å². The van der Waals surface area contributed by atoms with E-state index in [-0.39, 0.29) is 0 Å². The molecule has 0 saturated heterocycles. The van der Waals surface area contributed by atoms with Gasteiger partial charge in [-0.2, -0.15) is 0 Å². The van der Waals surface area contributed by atoms with Gasteiger partial charge in [-0.15, -0.1) is 0 Å². The van der Waals surface area contributed by atoms with Gasteiger partial charge in [0, 0.05) is 6.42 Å². The minimum Gasteiger partial charge on any atom is -0.303 e. The Morgan fingerprint density at radius 3 is 1.43 bits per heavy atom. The van der Waals surface area contributed by atoms with E-state index in [1.165, 1.54) is 83.5 Å². The fourth-order valence-electron chi connectivity index (χ4n) is 2.75. The van der Waals surface area contributed by atoms with E-state index in [4.69, 9.17) is 0 Å². The predicted molar refractivity (Wildman–Crippen MR) is 104 cm³/mol. The monoisotopic (exact) mass is 320 g/mol. The van der Waals surface area contributed by atoms with Crippen molar-refractivity contribution >= 4 is 6.29 Å². The van der Waals surface area contributed by atoms with Crippen molar-refractivity contribution in [3.8, 4) is 0 Å². The van der Waals surface area contributed by atoms with Gasteiger partial charge in [-0.3, -0.25) is 0 Å². The number of allylic oxidation sites excluding steroid dienone is 4. The normalized spacial score (nSPS) is 11.7. The molecule has 1 nitrogen and oxygen atoms in total. The van der Waals surface area contributed by atoms with Crippen LogP contribution in [0.15, 0.2) is 24.3 Å². The van der Waals surface area contributed by atoms with Crippen molar-refractivity contribution in [2.45, 2.75) is 110 Å². The molecule has 0 heterocycles. The van der Waals surface area contributed by atoms with E-state index in [1.807, 2.05) is 0 Å². The summed E-state index contributed by atoms with van der Waals surface area (Å²) in [6.07, 6.45) is 30.6. The van der Waals surface area contributed by atoms with Crippen LogP contribution in [0.4, 0.5) is 0 Å². The molecular weight excluding hydrogens is 280 g/mol. The standard InChI is InChI=1S/C22H40O/c1-2-3-4-5-6-7-8-9-10-11-12-13-14-15-16-17-18-19-20-21-22-23/h6-7,9-10,22H,2-5,8,11-21H2,1H3/b7-6+,10-9+. The van der Waals surface area contributed by atoms with Crippen molar-refractivity contribution in [1.29, 1.82) is 0 Å². The van der Waals surface area contributed by atoms with Crippen molar-refractivity contribution in [1.82, 2.24) is 0 Å². The molecule has 0 aromatic carbocycles. The van der Waals surface area contributed by atoms with Crippen LogP contribution in [0.25, 0.3) is 0 Å². The van der Waals surface area contributed by atoms with Gasteiger partial charge < -0.3 is 4.79 Å². The topological polar surface area (TPSA) is 17.1 Å². The second-order valence-corrected chi connectivity index (χ2v) is 6.60. The molecule has 0 aliphatic heterocycles. The first-order valence-corrected chi connectivity index (χ1v) is 10.2. The lowest BCUT2D eigenvalue weighted by Crippen LogP contribution is -1.82. The highest BCUT2D eigenvalue weighted by Gasteiger charge is 1.92. The largest absolute Gasteiger partial charge is 0.303 e. The van der Waals surface area contributed by atoms with Gasteiger partial charge in [0.2, 0.25) is 0 Å². The summed E-state index contributed by atoms with van der Waals surface area (Å²) in [7, 11) is 0. The van der Waals surface area contributed by atoms with E-state index < -0.39 is 0 Å². The molecule has 0 fully saturated rings. The van der Waals surface area contributed by atoms with E-state index in [2.05, 4.69) is 31.2 Å². The number of rotatable bonds is 18. The fourth-order valence-corrected chi connectivity index (χ4v) is 2.75. The summed E-state index contributed by atoms with van der Waals surface area (Å²) in [6, 6.07) is 0. The Morgan fingerprint density at radius 1 is 0.522 bits per heavy atom. The molecule has 0 aliphatic rings.